The van der Waals surface area contributed by atoms with Crippen molar-refractivity contribution >= 4 is 28.9 Å². The van der Waals surface area contributed by atoms with E-state index in [1.807, 2.05) is 51.1 Å². The number of nitrogens with zero attached hydrogens (tertiary/aromatic N) is 3. The Kier molecular flexibility index (Phi) is 6.27. The van der Waals surface area contributed by atoms with Crippen LogP contribution in [0.3, 0.4) is 0 Å². The van der Waals surface area contributed by atoms with E-state index in [-0.39, 0.29) is 11.8 Å². The van der Waals surface area contributed by atoms with Gasteiger partial charge in [0.15, 0.2) is 0 Å². The summed E-state index contributed by atoms with van der Waals surface area (Å²) in [6, 6.07) is 9.74. The van der Waals surface area contributed by atoms with Crippen molar-refractivity contribution < 1.29 is 4.79 Å². The van der Waals surface area contributed by atoms with Crippen LogP contribution in [0.4, 0.5) is 23.0 Å². The van der Waals surface area contributed by atoms with Crippen LogP contribution in [-0.4, -0.2) is 29.0 Å². The highest BCUT2D eigenvalue weighted by Crippen LogP contribution is 2.24. The Morgan fingerprint density at radius 3 is 2.33 bits per heavy atom. The Hall–Kier alpha value is -2.63. The number of amides is 1. The molecule has 2 N–H and O–H groups in total. The van der Waals surface area contributed by atoms with Gasteiger partial charge in [0.05, 0.1) is 0 Å². The SMILES string of the molecule is CCC(CC)C(=O)Nc1ccc(Nc2cc(N3CCCC3)nc(C)n2)cc1. The van der Waals surface area contributed by atoms with Gasteiger partial charge in [-0.25, -0.2) is 9.97 Å². The van der Waals surface area contributed by atoms with E-state index in [1.54, 1.807) is 0 Å². The first-order chi connectivity index (χ1) is 13.1. The van der Waals surface area contributed by atoms with Crippen LogP contribution in [0.5, 0.6) is 0 Å². The molecule has 6 nitrogen and oxygen atoms in total. The normalized spacial score (nSPS) is 13.9. The summed E-state index contributed by atoms with van der Waals surface area (Å²) in [5, 5.41) is 6.34. The highest BCUT2D eigenvalue weighted by Gasteiger charge is 2.16. The molecule has 1 aliphatic heterocycles. The second kappa shape index (κ2) is 8.84. The van der Waals surface area contributed by atoms with Crippen LogP contribution >= 0.6 is 0 Å². The molecule has 0 saturated carbocycles. The molecular formula is C21H29N5O. The number of benzene rings is 1. The van der Waals surface area contributed by atoms with Crippen molar-refractivity contribution in [1.82, 2.24) is 9.97 Å². The van der Waals surface area contributed by atoms with E-state index in [0.29, 0.717) is 0 Å². The fourth-order valence-corrected chi connectivity index (χ4v) is 3.41. The van der Waals surface area contributed by atoms with Gasteiger partial charge in [0, 0.05) is 36.4 Å². The molecule has 2 aromatic rings. The van der Waals surface area contributed by atoms with Crippen LogP contribution in [0.15, 0.2) is 30.3 Å². The summed E-state index contributed by atoms with van der Waals surface area (Å²) < 4.78 is 0. The van der Waals surface area contributed by atoms with Gasteiger partial charge in [-0.2, -0.15) is 0 Å². The largest absolute Gasteiger partial charge is 0.356 e. The highest BCUT2D eigenvalue weighted by molar-refractivity contribution is 5.92. The maximum atomic E-state index is 12.2. The van der Waals surface area contributed by atoms with Crippen LogP contribution in [0, 0.1) is 12.8 Å². The van der Waals surface area contributed by atoms with Gasteiger partial charge in [-0.15, -0.1) is 0 Å². The van der Waals surface area contributed by atoms with Gasteiger partial charge in [0.25, 0.3) is 0 Å². The first-order valence-corrected chi connectivity index (χ1v) is 9.87. The highest BCUT2D eigenvalue weighted by atomic mass is 16.1. The van der Waals surface area contributed by atoms with Gasteiger partial charge in [0.2, 0.25) is 5.91 Å². The van der Waals surface area contributed by atoms with E-state index in [4.69, 9.17) is 0 Å². The zero-order chi connectivity index (χ0) is 19.2. The molecule has 6 heteroatoms. The predicted octanol–water partition coefficient (Wildman–Crippen LogP) is 4.50. The molecule has 2 heterocycles. The van der Waals surface area contributed by atoms with Gasteiger partial charge < -0.3 is 15.5 Å². The zero-order valence-corrected chi connectivity index (χ0v) is 16.5. The minimum absolute atomic E-state index is 0.0656. The Balaban J connectivity index is 1.67. The Morgan fingerprint density at radius 1 is 1.07 bits per heavy atom. The van der Waals surface area contributed by atoms with E-state index < -0.39 is 0 Å². The number of anilines is 4. The van der Waals surface area contributed by atoms with Crippen molar-refractivity contribution in [2.45, 2.75) is 46.5 Å². The van der Waals surface area contributed by atoms with E-state index >= 15 is 0 Å². The summed E-state index contributed by atoms with van der Waals surface area (Å²) in [7, 11) is 0. The number of hydrogen-bond acceptors (Lipinski definition) is 5. The minimum Gasteiger partial charge on any atom is -0.356 e. The lowest BCUT2D eigenvalue weighted by Crippen LogP contribution is -2.21. The third-order valence-corrected chi connectivity index (χ3v) is 5.04. The van der Waals surface area contributed by atoms with Crippen molar-refractivity contribution in [2.75, 3.05) is 28.6 Å². The molecule has 1 fully saturated rings. The van der Waals surface area contributed by atoms with E-state index in [0.717, 1.165) is 54.8 Å². The fraction of sp³-hybridized carbons (Fsp3) is 0.476. The van der Waals surface area contributed by atoms with Gasteiger partial charge in [0.1, 0.15) is 17.5 Å². The number of aryl methyl sites for hydroxylation is 1. The third-order valence-electron chi connectivity index (χ3n) is 5.04. The maximum Gasteiger partial charge on any atom is 0.227 e. The molecule has 0 atom stereocenters. The molecule has 1 aliphatic rings. The topological polar surface area (TPSA) is 70.2 Å². The van der Waals surface area contributed by atoms with E-state index in [1.165, 1.54) is 12.8 Å². The van der Waals surface area contributed by atoms with Crippen LogP contribution in [-0.2, 0) is 4.79 Å². The predicted molar refractivity (Wildman–Crippen MR) is 111 cm³/mol. The number of aromatic nitrogens is 2. The lowest BCUT2D eigenvalue weighted by molar-refractivity contribution is -0.120. The molecule has 0 bridgehead atoms. The van der Waals surface area contributed by atoms with Crippen LogP contribution in [0.25, 0.3) is 0 Å². The fourth-order valence-electron chi connectivity index (χ4n) is 3.41. The number of nitrogens with one attached hydrogen (secondary N) is 2. The monoisotopic (exact) mass is 367 g/mol. The Labute approximate surface area is 161 Å². The van der Waals surface area contributed by atoms with Crippen molar-refractivity contribution in [1.29, 1.82) is 0 Å². The maximum absolute atomic E-state index is 12.2. The molecule has 1 aromatic heterocycles. The molecule has 144 valence electrons. The van der Waals surface area contributed by atoms with E-state index in [2.05, 4.69) is 25.5 Å². The van der Waals surface area contributed by atoms with Gasteiger partial charge in [-0.05, 0) is 56.9 Å². The summed E-state index contributed by atoms with van der Waals surface area (Å²) >= 11 is 0. The molecule has 0 radical (unpaired) electrons. The first-order valence-electron chi connectivity index (χ1n) is 9.87. The summed E-state index contributed by atoms with van der Waals surface area (Å²) in [6.45, 7) is 8.12. The van der Waals surface area contributed by atoms with Crippen molar-refractivity contribution in [2.24, 2.45) is 5.92 Å². The average molecular weight is 367 g/mol. The van der Waals surface area contributed by atoms with Crippen molar-refractivity contribution in [3.05, 3.63) is 36.2 Å². The summed E-state index contributed by atoms with van der Waals surface area (Å²) in [6.07, 6.45) is 4.15. The number of carbonyl (C=O) groups is 1. The lowest BCUT2D eigenvalue weighted by Gasteiger charge is -2.18. The van der Waals surface area contributed by atoms with Gasteiger partial charge in [-0.3, -0.25) is 4.79 Å². The first kappa shape index (κ1) is 19.1. The molecule has 1 aromatic carbocycles. The number of hydrogen-bond donors (Lipinski definition) is 2. The summed E-state index contributed by atoms with van der Waals surface area (Å²) in [4.78, 5) is 23.6. The second-order valence-electron chi connectivity index (χ2n) is 7.06. The Bertz CT molecular complexity index is 765. The third kappa shape index (κ3) is 4.96. The summed E-state index contributed by atoms with van der Waals surface area (Å²) in [5.41, 5.74) is 1.75. The zero-order valence-electron chi connectivity index (χ0n) is 16.5. The molecule has 27 heavy (non-hydrogen) atoms. The van der Waals surface area contributed by atoms with E-state index in [9.17, 15) is 4.79 Å². The standard InChI is InChI=1S/C21H29N5O/c1-4-16(5-2)21(27)25-18-10-8-17(9-11-18)24-19-14-20(23-15(3)22-19)26-12-6-7-13-26/h8-11,14,16H,4-7,12-13H2,1-3H3,(H,25,27)(H,22,23,24). The molecule has 0 unspecified atom stereocenters. The number of rotatable bonds is 7. The molecular weight excluding hydrogens is 338 g/mol. The second-order valence-corrected chi connectivity index (χ2v) is 7.06. The minimum atomic E-state index is 0.0656. The van der Waals surface area contributed by atoms with Crippen molar-refractivity contribution in [3.63, 3.8) is 0 Å². The lowest BCUT2D eigenvalue weighted by atomic mass is 10.0. The quantitative estimate of drug-likeness (QED) is 0.754. The van der Waals surface area contributed by atoms with Crippen LogP contribution < -0.4 is 15.5 Å². The number of carbonyl (C=O) groups excluding carboxylic acids is 1. The average Bonchev–Trinajstić information content (AvgIpc) is 3.19. The van der Waals surface area contributed by atoms with Crippen molar-refractivity contribution in [3.8, 4) is 0 Å². The van der Waals surface area contributed by atoms with Gasteiger partial charge in [-0.1, -0.05) is 13.8 Å². The Morgan fingerprint density at radius 2 is 1.70 bits per heavy atom. The summed E-state index contributed by atoms with van der Waals surface area (Å²) in [5.74, 6) is 2.68. The van der Waals surface area contributed by atoms with Crippen LogP contribution in [0.1, 0.15) is 45.4 Å². The van der Waals surface area contributed by atoms with Crippen LogP contribution in [0.2, 0.25) is 0 Å². The van der Waals surface area contributed by atoms with Gasteiger partial charge >= 0.3 is 0 Å². The molecule has 1 saturated heterocycles. The molecule has 0 aliphatic carbocycles. The molecule has 1 amide bonds. The smallest absolute Gasteiger partial charge is 0.227 e. The molecule has 0 spiro atoms. The molecule has 3 rings (SSSR count).